The number of aryl methyl sites for hydroxylation is 3. The van der Waals surface area contributed by atoms with Gasteiger partial charge in [-0.05, 0) is 37.3 Å². The maximum atomic E-state index is 4.43. The van der Waals surface area contributed by atoms with E-state index in [9.17, 15) is 0 Å². The predicted molar refractivity (Wildman–Crippen MR) is 110 cm³/mol. The Bertz CT molecular complexity index is 764. The van der Waals surface area contributed by atoms with Gasteiger partial charge in [0.05, 0.1) is 0 Å². The van der Waals surface area contributed by atoms with Gasteiger partial charge in [0.1, 0.15) is 11.6 Å². The molecule has 0 bridgehead atoms. The van der Waals surface area contributed by atoms with Gasteiger partial charge in [-0.15, -0.1) is 10.2 Å². The van der Waals surface area contributed by atoms with E-state index in [0.29, 0.717) is 0 Å². The molecule has 1 aliphatic heterocycles. The van der Waals surface area contributed by atoms with Crippen LogP contribution < -0.4 is 5.32 Å². The van der Waals surface area contributed by atoms with Crippen molar-refractivity contribution in [3.63, 3.8) is 0 Å². The molecule has 2 heterocycles. The van der Waals surface area contributed by atoms with Crippen LogP contribution in [0, 0.1) is 6.92 Å². The minimum absolute atomic E-state index is 0.851. The largest absolute Gasteiger partial charge is 0.356 e. The highest BCUT2D eigenvalue weighted by Crippen LogP contribution is 2.15. The minimum atomic E-state index is 0.851. The van der Waals surface area contributed by atoms with Gasteiger partial charge < -0.3 is 14.8 Å². The summed E-state index contributed by atoms with van der Waals surface area (Å²) in [6, 6.07) is 8.50. The van der Waals surface area contributed by atoms with Gasteiger partial charge in [0.25, 0.3) is 0 Å². The van der Waals surface area contributed by atoms with Gasteiger partial charge >= 0.3 is 0 Å². The Kier molecular flexibility index (Phi) is 6.85. The molecule has 3 rings (SSSR count). The van der Waals surface area contributed by atoms with Crippen LogP contribution >= 0.6 is 0 Å². The molecule has 0 saturated carbocycles. The summed E-state index contributed by atoms with van der Waals surface area (Å²) in [5.74, 6) is 3.24. The van der Waals surface area contributed by atoms with Crippen molar-refractivity contribution in [2.75, 3.05) is 20.6 Å². The molecular formula is C21H32N6. The molecule has 1 aromatic carbocycles. The third-order valence-electron chi connectivity index (χ3n) is 5.29. The van der Waals surface area contributed by atoms with Gasteiger partial charge in [-0.2, -0.15) is 0 Å². The summed E-state index contributed by atoms with van der Waals surface area (Å²) in [5.41, 5.74) is 2.64. The first-order valence-corrected chi connectivity index (χ1v) is 10.1. The third kappa shape index (κ3) is 5.08. The normalized spacial score (nSPS) is 14.6. The summed E-state index contributed by atoms with van der Waals surface area (Å²) < 4.78 is 2.34. The van der Waals surface area contributed by atoms with Gasteiger partial charge in [-0.1, -0.05) is 30.7 Å². The molecule has 0 unspecified atom stereocenters. The molecule has 6 heteroatoms. The fourth-order valence-corrected chi connectivity index (χ4v) is 3.68. The molecule has 1 aliphatic rings. The van der Waals surface area contributed by atoms with Crippen molar-refractivity contribution in [3.05, 3.63) is 47.0 Å². The quantitative estimate of drug-likeness (QED) is 0.484. The van der Waals surface area contributed by atoms with Gasteiger partial charge in [0.15, 0.2) is 5.96 Å². The van der Waals surface area contributed by atoms with Crippen molar-refractivity contribution < 1.29 is 0 Å². The van der Waals surface area contributed by atoms with Gasteiger partial charge in [-0.25, -0.2) is 0 Å². The second-order valence-corrected chi connectivity index (χ2v) is 7.35. The lowest BCUT2D eigenvalue weighted by molar-refractivity contribution is 0.474. The first-order chi connectivity index (χ1) is 13.2. The first kappa shape index (κ1) is 19.4. The van der Waals surface area contributed by atoms with Crippen molar-refractivity contribution in [2.45, 2.75) is 58.5 Å². The van der Waals surface area contributed by atoms with Crippen LogP contribution in [0.3, 0.4) is 0 Å². The summed E-state index contributed by atoms with van der Waals surface area (Å²) in [6.45, 7) is 4.96. The highest BCUT2D eigenvalue weighted by atomic mass is 15.3. The topological polar surface area (TPSA) is 58.3 Å². The Morgan fingerprint density at radius 1 is 1.22 bits per heavy atom. The fourth-order valence-electron chi connectivity index (χ4n) is 3.68. The number of guanidine groups is 1. The van der Waals surface area contributed by atoms with Crippen molar-refractivity contribution in [1.29, 1.82) is 0 Å². The van der Waals surface area contributed by atoms with E-state index >= 15 is 0 Å². The third-order valence-corrected chi connectivity index (χ3v) is 5.29. The standard InChI is InChI=1S/C21H32N6/c1-17-10-6-7-11-18(17)16-26(3)21(22-2)23-14-9-13-20-25-24-19-12-5-4-8-15-27(19)20/h6-7,10-11H,4-5,8-9,12-16H2,1-3H3,(H,22,23). The predicted octanol–water partition coefficient (Wildman–Crippen LogP) is 2.95. The van der Waals surface area contributed by atoms with E-state index in [1.807, 2.05) is 7.05 Å². The Morgan fingerprint density at radius 2 is 2.07 bits per heavy atom. The van der Waals surface area contributed by atoms with E-state index < -0.39 is 0 Å². The molecule has 0 spiro atoms. The van der Waals surface area contributed by atoms with Crippen LogP contribution in [0.2, 0.25) is 0 Å². The van der Waals surface area contributed by atoms with E-state index in [1.165, 1.54) is 36.2 Å². The monoisotopic (exact) mass is 368 g/mol. The van der Waals surface area contributed by atoms with E-state index in [0.717, 1.165) is 50.7 Å². The Labute approximate surface area is 162 Å². The highest BCUT2D eigenvalue weighted by Gasteiger charge is 2.14. The first-order valence-electron chi connectivity index (χ1n) is 10.1. The summed E-state index contributed by atoms with van der Waals surface area (Å²) >= 11 is 0. The second-order valence-electron chi connectivity index (χ2n) is 7.35. The molecule has 0 fully saturated rings. The maximum Gasteiger partial charge on any atom is 0.193 e. The average molecular weight is 369 g/mol. The number of fused-ring (bicyclic) bond motifs is 1. The van der Waals surface area contributed by atoms with Crippen LogP contribution in [0.4, 0.5) is 0 Å². The van der Waals surface area contributed by atoms with Crippen LogP contribution in [0.15, 0.2) is 29.3 Å². The molecular weight excluding hydrogens is 336 g/mol. The molecule has 2 aromatic rings. The molecule has 0 aliphatic carbocycles. The zero-order valence-electron chi connectivity index (χ0n) is 16.9. The molecule has 146 valence electrons. The molecule has 0 radical (unpaired) electrons. The van der Waals surface area contributed by atoms with Crippen LogP contribution in [0.5, 0.6) is 0 Å². The lowest BCUT2D eigenvalue weighted by atomic mass is 10.1. The summed E-state index contributed by atoms with van der Waals surface area (Å²) in [4.78, 5) is 6.60. The van der Waals surface area contributed by atoms with Crippen molar-refractivity contribution in [2.24, 2.45) is 4.99 Å². The van der Waals surface area contributed by atoms with Gasteiger partial charge in [-0.3, -0.25) is 4.99 Å². The van der Waals surface area contributed by atoms with Crippen molar-refractivity contribution in [3.8, 4) is 0 Å². The van der Waals surface area contributed by atoms with Crippen molar-refractivity contribution in [1.82, 2.24) is 25.0 Å². The summed E-state index contributed by atoms with van der Waals surface area (Å²) in [6.07, 6.45) is 6.83. The highest BCUT2D eigenvalue weighted by molar-refractivity contribution is 5.79. The van der Waals surface area contributed by atoms with Crippen LogP contribution in [-0.4, -0.2) is 46.3 Å². The average Bonchev–Trinajstić information content (AvgIpc) is 2.90. The maximum absolute atomic E-state index is 4.43. The number of aromatic nitrogens is 3. The van der Waals surface area contributed by atoms with Crippen LogP contribution in [0.1, 0.15) is 48.5 Å². The lowest BCUT2D eigenvalue weighted by Gasteiger charge is -2.23. The number of hydrogen-bond donors (Lipinski definition) is 1. The lowest BCUT2D eigenvalue weighted by Crippen LogP contribution is -2.39. The van der Waals surface area contributed by atoms with E-state index in [4.69, 9.17) is 0 Å². The Hall–Kier alpha value is -2.37. The Balaban J connectivity index is 1.47. The molecule has 0 amide bonds. The summed E-state index contributed by atoms with van der Waals surface area (Å²) in [5, 5.41) is 12.3. The number of nitrogens with zero attached hydrogens (tertiary/aromatic N) is 5. The molecule has 6 nitrogen and oxygen atoms in total. The summed E-state index contributed by atoms with van der Waals surface area (Å²) in [7, 11) is 3.93. The van der Waals surface area contributed by atoms with Crippen LogP contribution in [0.25, 0.3) is 0 Å². The smallest absolute Gasteiger partial charge is 0.193 e. The van der Waals surface area contributed by atoms with Crippen molar-refractivity contribution >= 4 is 5.96 Å². The number of aliphatic imine (C=N–C) groups is 1. The van der Waals surface area contributed by atoms with Gasteiger partial charge in [0, 0.05) is 46.6 Å². The molecule has 27 heavy (non-hydrogen) atoms. The zero-order valence-corrected chi connectivity index (χ0v) is 16.9. The van der Waals surface area contributed by atoms with E-state index in [2.05, 4.69) is 68.2 Å². The number of nitrogens with one attached hydrogen (secondary N) is 1. The zero-order chi connectivity index (χ0) is 19.1. The molecule has 0 atom stereocenters. The number of rotatable bonds is 6. The fraction of sp³-hybridized carbons (Fsp3) is 0.571. The minimum Gasteiger partial charge on any atom is -0.356 e. The molecule has 1 N–H and O–H groups in total. The molecule has 1 aromatic heterocycles. The van der Waals surface area contributed by atoms with Crippen LogP contribution in [-0.2, 0) is 25.9 Å². The molecule has 0 saturated heterocycles. The second kappa shape index (κ2) is 9.53. The SMILES string of the molecule is CN=C(NCCCc1nnc2n1CCCCC2)N(C)Cc1ccccc1C. The van der Waals surface area contributed by atoms with E-state index in [-0.39, 0.29) is 0 Å². The van der Waals surface area contributed by atoms with Gasteiger partial charge in [0.2, 0.25) is 0 Å². The number of benzene rings is 1. The number of hydrogen-bond acceptors (Lipinski definition) is 3. The Morgan fingerprint density at radius 3 is 2.89 bits per heavy atom. The van der Waals surface area contributed by atoms with E-state index in [1.54, 1.807) is 0 Å².